The average molecular weight is 272 g/mol. The molecule has 0 bridgehead atoms. The van der Waals surface area contributed by atoms with Crippen molar-refractivity contribution in [3.8, 4) is 0 Å². The molecule has 1 amide bonds. The van der Waals surface area contributed by atoms with Gasteiger partial charge in [0.1, 0.15) is 18.1 Å². The summed E-state index contributed by atoms with van der Waals surface area (Å²) in [6, 6.07) is -0.475. The van der Waals surface area contributed by atoms with Crippen LogP contribution in [0.2, 0.25) is 5.15 Å². The van der Waals surface area contributed by atoms with Gasteiger partial charge in [-0.1, -0.05) is 11.6 Å². The molecule has 1 unspecified atom stereocenters. The Morgan fingerprint density at radius 3 is 2.61 bits per heavy atom. The van der Waals surface area contributed by atoms with Gasteiger partial charge in [-0.2, -0.15) is 0 Å². The van der Waals surface area contributed by atoms with Crippen molar-refractivity contribution in [3.05, 3.63) is 11.5 Å². The molecule has 1 aromatic heterocycles. The van der Waals surface area contributed by atoms with Crippen LogP contribution in [0, 0.1) is 0 Å². The number of hydrogen-bond donors (Lipinski definition) is 3. The van der Waals surface area contributed by atoms with Crippen LogP contribution in [-0.4, -0.2) is 27.5 Å². The van der Waals surface area contributed by atoms with Gasteiger partial charge in [0.2, 0.25) is 5.91 Å². The number of nitrogens with two attached hydrogens (primary N) is 1. The van der Waals surface area contributed by atoms with Gasteiger partial charge in [0, 0.05) is 5.54 Å². The summed E-state index contributed by atoms with van der Waals surface area (Å²) < 4.78 is 0. The van der Waals surface area contributed by atoms with Crippen molar-refractivity contribution < 1.29 is 4.79 Å². The first-order valence-corrected chi connectivity index (χ1v) is 5.93. The molecule has 7 heteroatoms. The smallest absolute Gasteiger partial charge is 0.242 e. The number of aromatic nitrogens is 2. The molecular weight excluding hydrogens is 254 g/mol. The molecular formula is C11H18ClN5O. The van der Waals surface area contributed by atoms with Crippen LogP contribution in [0.4, 0.5) is 11.5 Å². The van der Waals surface area contributed by atoms with Crippen molar-refractivity contribution in [2.75, 3.05) is 11.1 Å². The van der Waals surface area contributed by atoms with Crippen molar-refractivity contribution >= 4 is 29.0 Å². The molecule has 100 valence electrons. The van der Waals surface area contributed by atoms with Crippen LogP contribution in [0.1, 0.15) is 27.7 Å². The second kappa shape index (κ2) is 5.39. The number of amides is 1. The zero-order valence-electron chi connectivity index (χ0n) is 10.9. The maximum Gasteiger partial charge on any atom is 0.242 e. The van der Waals surface area contributed by atoms with Gasteiger partial charge in [-0.3, -0.25) is 4.79 Å². The lowest BCUT2D eigenvalue weighted by molar-refractivity contribution is -0.122. The highest BCUT2D eigenvalue weighted by atomic mass is 35.5. The van der Waals surface area contributed by atoms with E-state index in [0.717, 1.165) is 0 Å². The van der Waals surface area contributed by atoms with Gasteiger partial charge in [0.25, 0.3) is 0 Å². The predicted octanol–water partition coefficient (Wildman–Crippen LogP) is 1.43. The van der Waals surface area contributed by atoms with Crippen LogP contribution in [0.25, 0.3) is 0 Å². The number of rotatable bonds is 3. The first kappa shape index (κ1) is 14.5. The molecule has 6 nitrogen and oxygen atoms in total. The third-order valence-electron chi connectivity index (χ3n) is 2.08. The molecule has 1 heterocycles. The van der Waals surface area contributed by atoms with Crippen molar-refractivity contribution in [2.45, 2.75) is 39.3 Å². The van der Waals surface area contributed by atoms with Crippen molar-refractivity contribution in [3.63, 3.8) is 0 Å². The second-order valence-electron chi connectivity index (χ2n) is 5.03. The minimum Gasteiger partial charge on any atom is -0.393 e. The van der Waals surface area contributed by atoms with Gasteiger partial charge in [-0.25, -0.2) is 9.97 Å². The van der Waals surface area contributed by atoms with E-state index in [1.165, 1.54) is 6.33 Å². The molecule has 0 fully saturated rings. The minimum absolute atomic E-state index is 0.142. The molecule has 0 aliphatic heterocycles. The summed E-state index contributed by atoms with van der Waals surface area (Å²) in [6.07, 6.45) is 1.29. The van der Waals surface area contributed by atoms with E-state index in [4.69, 9.17) is 17.3 Å². The summed E-state index contributed by atoms with van der Waals surface area (Å²) in [5.41, 5.74) is 5.65. The van der Waals surface area contributed by atoms with Crippen molar-refractivity contribution in [1.29, 1.82) is 0 Å². The number of halogens is 1. The van der Waals surface area contributed by atoms with Crippen molar-refractivity contribution in [1.82, 2.24) is 15.3 Å². The number of carbonyl (C=O) groups excluding carboxylic acids is 1. The van der Waals surface area contributed by atoms with Crippen LogP contribution in [0.5, 0.6) is 0 Å². The van der Waals surface area contributed by atoms with Gasteiger partial charge in [0.15, 0.2) is 11.0 Å². The molecule has 0 saturated heterocycles. The Morgan fingerprint density at radius 2 is 2.06 bits per heavy atom. The molecule has 18 heavy (non-hydrogen) atoms. The summed E-state index contributed by atoms with van der Waals surface area (Å²) in [7, 11) is 0. The maximum atomic E-state index is 11.9. The number of nitrogen functional groups attached to an aromatic ring is 1. The number of hydrogen-bond acceptors (Lipinski definition) is 5. The molecule has 0 saturated carbocycles. The monoisotopic (exact) mass is 271 g/mol. The molecule has 0 aliphatic rings. The van der Waals surface area contributed by atoms with E-state index in [1.807, 2.05) is 20.8 Å². The Balaban J connectivity index is 2.73. The highest BCUT2D eigenvalue weighted by molar-refractivity contribution is 6.32. The zero-order valence-corrected chi connectivity index (χ0v) is 11.7. The standard InChI is InChI=1S/C11H18ClN5O/c1-6(10(18)17-11(2,3)4)16-9-7(13)8(12)14-5-15-9/h5-6H,13H2,1-4H3,(H,17,18)(H,14,15,16). The van der Waals surface area contributed by atoms with E-state index in [2.05, 4.69) is 20.6 Å². The van der Waals surface area contributed by atoms with E-state index < -0.39 is 6.04 Å². The van der Waals surface area contributed by atoms with Crippen molar-refractivity contribution in [2.24, 2.45) is 0 Å². The van der Waals surface area contributed by atoms with E-state index in [-0.39, 0.29) is 22.3 Å². The minimum atomic E-state index is -0.475. The Hall–Kier alpha value is -1.56. The zero-order chi connectivity index (χ0) is 13.9. The van der Waals surface area contributed by atoms with Crippen LogP contribution in [0.15, 0.2) is 6.33 Å². The van der Waals surface area contributed by atoms with Crippen LogP contribution >= 0.6 is 11.6 Å². The first-order valence-electron chi connectivity index (χ1n) is 5.55. The molecule has 1 rings (SSSR count). The second-order valence-corrected chi connectivity index (χ2v) is 5.39. The normalized spacial score (nSPS) is 12.9. The molecule has 0 radical (unpaired) electrons. The lowest BCUT2D eigenvalue weighted by Gasteiger charge is -2.24. The largest absolute Gasteiger partial charge is 0.393 e. The van der Waals surface area contributed by atoms with Crippen LogP contribution in [0.3, 0.4) is 0 Å². The van der Waals surface area contributed by atoms with Gasteiger partial charge in [-0.05, 0) is 27.7 Å². The van der Waals surface area contributed by atoms with Gasteiger partial charge >= 0.3 is 0 Å². The highest BCUT2D eigenvalue weighted by Gasteiger charge is 2.20. The number of nitrogens with zero attached hydrogens (tertiary/aromatic N) is 2. The van der Waals surface area contributed by atoms with Crippen LogP contribution in [-0.2, 0) is 4.79 Å². The Kier molecular flexibility index (Phi) is 4.34. The SMILES string of the molecule is CC(Nc1ncnc(Cl)c1N)C(=O)NC(C)(C)C. The Morgan fingerprint density at radius 1 is 1.44 bits per heavy atom. The van der Waals surface area contributed by atoms with E-state index in [9.17, 15) is 4.79 Å². The molecule has 1 aromatic rings. The average Bonchev–Trinajstić information content (AvgIpc) is 2.22. The van der Waals surface area contributed by atoms with Crippen LogP contribution < -0.4 is 16.4 Å². The number of anilines is 2. The molecule has 0 aliphatic carbocycles. The fraction of sp³-hybridized carbons (Fsp3) is 0.545. The fourth-order valence-corrected chi connectivity index (χ4v) is 1.37. The Labute approximate surface area is 111 Å². The third-order valence-corrected chi connectivity index (χ3v) is 2.38. The van der Waals surface area contributed by atoms with E-state index in [0.29, 0.717) is 5.82 Å². The fourth-order valence-electron chi connectivity index (χ4n) is 1.24. The lowest BCUT2D eigenvalue weighted by atomic mass is 10.1. The third kappa shape index (κ3) is 4.03. The summed E-state index contributed by atoms with van der Waals surface area (Å²) >= 11 is 5.77. The Bertz CT molecular complexity index is 444. The van der Waals surface area contributed by atoms with E-state index >= 15 is 0 Å². The highest BCUT2D eigenvalue weighted by Crippen LogP contribution is 2.22. The van der Waals surface area contributed by atoms with Gasteiger partial charge in [-0.15, -0.1) is 0 Å². The quantitative estimate of drug-likeness (QED) is 0.723. The topological polar surface area (TPSA) is 92.9 Å². The summed E-state index contributed by atoms with van der Waals surface area (Å²) in [6.45, 7) is 7.45. The maximum absolute atomic E-state index is 11.9. The molecule has 4 N–H and O–H groups in total. The van der Waals surface area contributed by atoms with Gasteiger partial charge < -0.3 is 16.4 Å². The number of nitrogens with one attached hydrogen (secondary N) is 2. The van der Waals surface area contributed by atoms with Gasteiger partial charge in [0.05, 0.1) is 0 Å². The summed E-state index contributed by atoms with van der Waals surface area (Å²) in [5, 5.41) is 5.92. The summed E-state index contributed by atoms with van der Waals surface area (Å²) in [5.74, 6) is 0.211. The first-order chi connectivity index (χ1) is 8.20. The summed E-state index contributed by atoms with van der Waals surface area (Å²) in [4.78, 5) is 19.6. The molecule has 1 atom stereocenters. The van der Waals surface area contributed by atoms with E-state index in [1.54, 1.807) is 6.92 Å². The predicted molar refractivity (Wildman–Crippen MR) is 72.4 cm³/mol. The molecule has 0 aromatic carbocycles. The lowest BCUT2D eigenvalue weighted by Crippen LogP contribution is -2.47. The number of carbonyl (C=O) groups is 1. The molecule has 0 spiro atoms.